The number of hydrogen-bond donors (Lipinski definition) is 1. The van der Waals surface area contributed by atoms with Crippen molar-refractivity contribution in [1.82, 2.24) is 0 Å². The van der Waals surface area contributed by atoms with Gasteiger partial charge in [0.15, 0.2) is 5.78 Å². The Hall–Kier alpha value is -0.370. The Kier molecular flexibility index (Phi) is 3.44. The van der Waals surface area contributed by atoms with Crippen LogP contribution in [0.4, 0.5) is 0 Å². The molecule has 0 aliphatic rings. The van der Waals surface area contributed by atoms with Gasteiger partial charge < -0.3 is 5.11 Å². The first-order chi connectivity index (χ1) is 3.68. The number of Topliss-reactive ketones (excluding diaryl/α,β-unsaturated/α-hetero) is 1. The van der Waals surface area contributed by atoms with Gasteiger partial charge in [0.2, 0.25) is 0 Å². The van der Waals surface area contributed by atoms with Crippen LogP contribution in [0.1, 0.15) is 26.7 Å². The van der Waals surface area contributed by atoms with Crippen molar-refractivity contribution in [3.05, 3.63) is 0 Å². The summed E-state index contributed by atoms with van der Waals surface area (Å²) in [5.74, 6) is -0.0625. The SMILES string of the molecule is CCCC(=O)[C@@H](C)O. The highest BCUT2D eigenvalue weighted by atomic mass is 16.3. The van der Waals surface area contributed by atoms with Gasteiger partial charge in [0.25, 0.3) is 0 Å². The summed E-state index contributed by atoms with van der Waals surface area (Å²) in [6.45, 7) is 3.41. The smallest absolute Gasteiger partial charge is 0.160 e. The van der Waals surface area contributed by atoms with Crippen LogP contribution in [0, 0.1) is 0 Å². The van der Waals surface area contributed by atoms with E-state index in [1.54, 1.807) is 0 Å². The molecule has 0 aromatic carbocycles. The van der Waals surface area contributed by atoms with Crippen LogP contribution in [0.2, 0.25) is 0 Å². The van der Waals surface area contributed by atoms with Crippen LogP contribution in [-0.2, 0) is 4.79 Å². The standard InChI is InChI=1S/C6H12O2/c1-3-4-6(8)5(2)7/h5,7H,3-4H2,1-2H3/t5-/m1/s1. The average molecular weight is 116 g/mol. The number of aliphatic hydroxyl groups excluding tert-OH is 1. The molecule has 0 saturated carbocycles. The van der Waals surface area contributed by atoms with E-state index in [1.165, 1.54) is 6.92 Å². The molecule has 0 aliphatic heterocycles. The molecule has 0 aliphatic carbocycles. The molecule has 0 unspecified atom stereocenters. The number of carbonyl (C=O) groups is 1. The van der Waals surface area contributed by atoms with Gasteiger partial charge in [-0.05, 0) is 13.3 Å². The summed E-state index contributed by atoms with van der Waals surface area (Å²) in [6, 6.07) is 0. The summed E-state index contributed by atoms with van der Waals surface area (Å²) in [5.41, 5.74) is 0. The maximum atomic E-state index is 10.5. The number of aliphatic hydroxyl groups is 1. The van der Waals surface area contributed by atoms with E-state index in [-0.39, 0.29) is 5.78 Å². The second-order valence-corrected chi connectivity index (χ2v) is 1.89. The first kappa shape index (κ1) is 7.63. The van der Waals surface area contributed by atoms with Gasteiger partial charge in [-0.1, -0.05) is 6.92 Å². The van der Waals surface area contributed by atoms with Crippen LogP contribution in [0.3, 0.4) is 0 Å². The van der Waals surface area contributed by atoms with Crippen molar-refractivity contribution in [2.24, 2.45) is 0 Å². The van der Waals surface area contributed by atoms with Gasteiger partial charge in [-0.3, -0.25) is 4.79 Å². The Morgan fingerprint density at radius 3 is 2.38 bits per heavy atom. The van der Waals surface area contributed by atoms with E-state index in [1.807, 2.05) is 6.92 Å². The van der Waals surface area contributed by atoms with Gasteiger partial charge in [-0.15, -0.1) is 0 Å². The van der Waals surface area contributed by atoms with E-state index >= 15 is 0 Å². The number of rotatable bonds is 3. The first-order valence-electron chi connectivity index (χ1n) is 2.89. The van der Waals surface area contributed by atoms with E-state index in [2.05, 4.69) is 0 Å². The summed E-state index contributed by atoms with van der Waals surface area (Å²) in [4.78, 5) is 10.5. The van der Waals surface area contributed by atoms with Crippen molar-refractivity contribution in [2.45, 2.75) is 32.8 Å². The van der Waals surface area contributed by atoms with E-state index in [0.29, 0.717) is 6.42 Å². The molecular weight excluding hydrogens is 104 g/mol. The van der Waals surface area contributed by atoms with E-state index in [0.717, 1.165) is 6.42 Å². The molecule has 0 saturated heterocycles. The Morgan fingerprint density at radius 1 is 1.75 bits per heavy atom. The van der Waals surface area contributed by atoms with Crippen LogP contribution in [0.15, 0.2) is 0 Å². The van der Waals surface area contributed by atoms with E-state index < -0.39 is 6.10 Å². The summed E-state index contributed by atoms with van der Waals surface area (Å²) in [6.07, 6.45) is 0.552. The minimum atomic E-state index is -0.769. The zero-order valence-corrected chi connectivity index (χ0v) is 5.35. The van der Waals surface area contributed by atoms with Crippen molar-refractivity contribution < 1.29 is 9.90 Å². The van der Waals surface area contributed by atoms with Gasteiger partial charge in [-0.2, -0.15) is 0 Å². The molecule has 0 aromatic rings. The molecule has 0 aromatic heterocycles. The molecule has 0 bridgehead atoms. The molecular formula is C6H12O2. The summed E-state index contributed by atoms with van der Waals surface area (Å²) >= 11 is 0. The van der Waals surface area contributed by atoms with Crippen molar-refractivity contribution >= 4 is 5.78 Å². The second kappa shape index (κ2) is 3.61. The summed E-state index contributed by atoms with van der Waals surface area (Å²) in [7, 11) is 0. The number of carbonyl (C=O) groups excluding carboxylic acids is 1. The maximum absolute atomic E-state index is 10.5. The van der Waals surface area contributed by atoms with Gasteiger partial charge in [0.05, 0.1) is 0 Å². The minimum Gasteiger partial charge on any atom is -0.386 e. The monoisotopic (exact) mass is 116 g/mol. The molecule has 2 nitrogen and oxygen atoms in total. The van der Waals surface area contributed by atoms with Crippen molar-refractivity contribution in [3.8, 4) is 0 Å². The lowest BCUT2D eigenvalue weighted by Gasteiger charge is -1.98. The van der Waals surface area contributed by atoms with Crippen LogP contribution >= 0.6 is 0 Å². The fraction of sp³-hybridized carbons (Fsp3) is 0.833. The van der Waals surface area contributed by atoms with Crippen LogP contribution in [-0.4, -0.2) is 17.0 Å². The van der Waals surface area contributed by atoms with Gasteiger partial charge in [0, 0.05) is 6.42 Å². The normalized spacial score (nSPS) is 13.4. The Bertz CT molecular complexity index is 76.6. The molecule has 2 heteroatoms. The molecule has 48 valence electrons. The Labute approximate surface area is 49.5 Å². The minimum absolute atomic E-state index is 0.0625. The van der Waals surface area contributed by atoms with Crippen molar-refractivity contribution in [3.63, 3.8) is 0 Å². The fourth-order valence-corrected chi connectivity index (χ4v) is 0.455. The average Bonchev–Trinajstić information content (AvgIpc) is 1.67. The lowest BCUT2D eigenvalue weighted by molar-refractivity contribution is -0.126. The van der Waals surface area contributed by atoms with Gasteiger partial charge >= 0.3 is 0 Å². The topological polar surface area (TPSA) is 37.3 Å². The predicted octanol–water partition coefficient (Wildman–Crippen LogP) is 0.736. The van der Waals surface area contributed by atoms with Gasteiger partial charge in [0.1, 0.15) is 6.10 Å². The highest BCUT2D eigenvalue weighted by Crippen LogP contribution is 1.92. The summed E-state index contributed by atoms with van der Waals surface area (Å²) in [5, 5.41) is 8.60. The zero-order valence-electron chi connectivity index (χ0n) is 5.35. The predicted molar refractivity (Wildman–Crippen MR) is 31.6 cm³/mol. The highest BCUT2D eigenvalue weighted by molar-refractivity contribution is 5.82. The van der Waals surface area contributed by atoms with Crippen LogP contribution in [0.5, 0.6) is 0 Å². The fourth-order valence-electron chi connectivity index (χ4n) is 0.455. The lowest BCUT2D eigenvalue weighted by Crippen LogP contribution is -2.14. The molecule has 0 radical (unpaired) electrons. The molecule has 8 heavy (non-hydrogen) atoms. The number of ketones is 1. The van der Waals surface area contributed by atoms with Crippen LogP contribution in [0.25, 0.3) is 0 Å². The van der Waals surface area contributed by atoms with E-state index in [4.69, 9.17) is 5.11 Å². The van der Waals surface area contributed by atoms with Crippen LogP contribution < -0.4 is 0 Å². The third kappa shape index (κ3) is 2.75. The maximum Gasteiger partial charge on any atom is 0.160 e. The Balaban J connectivity index is 3.33. The summed E-state index contributed by atoms with van der Waals surface area (Å²) < 4.78 is 0. The van der Waals surface area contributed by atoms with Crippen molar-refractivity contribution in [1.29, 1.82) is 0 Å². The largest absolute Gasteiger partial charge is 0.386 e. The molecule has 1 N–H and O–H groups in total. The molecule has 0 amide bonds. The molecule has 0 rings (SSSR count). The van der Waals surface area contributed by atoms with Gasteiger partial charge in [-0.25, -0.2) is 0 Å². The Morgan fingerprint density at radius 2 is 2.25 bits per heavy atom. The van der Waals surface area contributed by atoms with E-state index in [9.17, 15) is 4.79 Å². The van der Waals surface area contributed by atoms with Crippen molar-refractivity contribution in [2.75, 3.05) is 0 Å². The third-order valence-corrected chi connectivity index (χ3v) is 0.962. The highest BCUT2D eigenvalue weighted by Gasteiger charge is 2.05. The second-order valence-electron chi connectivity index (χ2n) is 1.89. The third-order valence-electron chi connectivity index (χ3n) is 0.962. The zero-order chi connectivity index (χ0) is 6.57. The molecule has 0 fully saturated rings. The molecule has 0 spiro atoms. The first-order valence-corrected chi connectivity index (χ1v) is 2.89. The molecule has 0 heterocycles. The number of hydrogen-bond acceptors (Lipinski definition) is 2. The quantitative estimate of drug-likeness (QED) is 0.590. The molecule has 1 atom stereocenters. The lowest BCUT2D eigenvalue weighted by atomic mass is 10.2.